The van der Waals surface area contributed by atoms with E-state index in [1.165, 1.54) is 11.1 Å². The number of rotatable bonds is 5. The van der Waals surface area contributed by atoms with Crippen LogP contribution in [0, 0.1) is 6.92 Å². The zero-order valence-electron chi connectivity index (χ0n) is 13.4. The summed E-state index contributed by atoms with van der Waals surface area (Å²) in [5, 5.41) is 11.6. The van der Waals surface area contributed by atoms with Crippen molar-refractivity contribution in [2.45, 2.75) is 20.0 Å². The molecule has 4 aromatic rings. The summed E-state index contributed by atoms with van der Waals surface area (Å²) in [6, 6.07) is 14.4. The molecule has 0 aliphatic rings. The number of aromatic nitrogens is 5. The van der Waals surface area contributed by atoms with Crippen LogP contribution in [0.3, 0.4) is 0 Å². The Kier molecular flexibility index (Phi) is 3.70. The van der Waals surface area contributed by atoms with Crippen LogP contribution in [-0.4, -0.2) is 24.1 Å². The van der Waals surface area contributed by atoms with E-state index in [0.29, 0.717) is 6.54 Å². The Bertz CT molecular complexity index is 954. The van der Waals surface area contributed by atoms with Crippen LogP contribution in [0.25, 0.3) is 5.65 Å². The van der Waals surface area contributed by atoms with Gasteiger partial charge in [-0.25, -0.2) is 4.98 Å². The molecule has 1 N–H and O–H groups in total. The zero-order valence-corrected chi connectivity index (χ0v) is 13.4. The summed E-state index contributed by atoms with van der Waals surface area (Å²) in [7, 11) is 0. The molecule has 0 atom stereocenters. The zero-order chi connectivity index (χ0) is 16.4. The molecule has 0 amide bonds. The normalized spacial score (nSPS) is 11.0. The Balaban J connectivity index is 1.52. The number of nitrogens with one attached hydrogen (secondary N) is 1. The molecule has 0 bridgehead atoms. The average Bonchev–Trinajstić information content (AvgIpc) is 3.20. The third-order valence-electron chi connectivity index (χ3n) is 3.97. The van der Waals surface area contributed by atoms with Crippen LogP contribution in [0.15, 0.2) is 61.2 Å². The molecule has 4 rings (SSSR count). The first-order valence-corrected chi connectivity index (χ1v) is 7.88. The fourth-order valence-electron chi connectivity index (χ4n) is 2.73. The maximum absolute atomic E-state index is 4.43. The van der Waals surface area contributed by atoms with Gasteiger partial charge in [-0.15, -0.1) is 10.2 Å². The van der Waals surface area contributed by atoms with Crippen LogP contribution in [0.2, 0.25) is 0 Å². The van der Waals surface area contributed by atoms with E-state index in [-0.39, 0.29) is 0 Å². The molecule has 0 radical (unpaired) electrons. The SMILES string of the molecule is Cc1ccc2ncc(CNc3nncn3Cc3ccccc3)n2c1. The van der Waals surface area contributed by atoms with E-state index in [1.807, 2.05) is 35.0 Å². The molecule has 0 fully saturated rings. The number of pyridine rings is 1. The fraction of sp³-hybridized carbons (Fsp3) is 0.167. The van der Waals surface area contributed by atoms with E-state index in [2.05, 4.69) is 56.2 Å². The van der Waals surface area contributed by atoms with Crippen LogP contribution in [-0.2, 0) is 13.1 Å². The van der Waals surface area contributed by atoms with Crippen LogP contribution in [0.1, 0.15) is 16.8 Å². The first-order valence-electron chi connectivity index (χ1n) is 7.88. The Morgan fingerprint density at radius 3 is 2.83 bits per heavy atom. The van der Waals surface area contributed by atoms with Gasteiger partial charge in [-0.1, -0.05) is 36.4 Å². The van der Waals surface area contributed by atoms with E-state index in [4.69, 9.17) is 0 Å². The monoisotopic (exact) mass is 318 g/mol. The van der Waals surface area contributed by atoms with Crippen molar-refractivity contribution >= 4 is 11.6 Å². The number of hydrogen-bond donors (Lipinski definition) is 1. The first kappa shape index (κ1) is 14.4. The van der Waals surface area contributed by atoms with Crippen molar-refractivity contribution in [1.82, 2.24) is 24.1 Å². The summed E-state index contributed by atoms with van der Waals surface area (Å²) in [4.78, 5) is 4.43. The predicted octanol–water partition coefficient (Wildman–Crippen LogP) is 2.89. The summed E-state index contributed by atoms with van der Waals surface area (Å²) >= 11 is 0. The minimum Gasteiger partial charge on any atom is -0.349 e. The van der Waals surface area contributed by atoms with Gasteiger partial charge in [0.25, 0.3) is 0 Å². The molecule has 3 aromatic heterocycles. The van der Waals surface area contributed by atoms with E-state index in [1.54, 1.807) is 6.33 Å². The summed E-state index contributed by atoms with van der Waals surface area (Å²) in [6.07, 6.45) is 5.72. The quantitative estimate of drug-likeness (QED) is 0.615. The van der Waals surface area contributed by atoms with Crippen molar-refractivity contribution in [3.05, 3.63) is 78.0 Å². The van der Waals surface area contributed by atoms with Crippen LogP contribution >= 0.6 is 0 Å². The first-order chi connectivity index (χ1) is 11.8. The van der Waals surface area contributed by atoms with Gasteiger partial charge in [-0.2, -0.15) is 0 Å². The highest BCUT2D eigenvalue weighted by Gasteiger charge is 2.07. The van der Waals surface area contributed by atoms with Crippen molar-refractivity contribution in [1.29, 1.82) is 0 Å². The smallest absolute Gasteiger partial charge is 0.225 e. The van der Waals surface area contributed by atoms with Gasteiger partial charge in [0.1, 0.15) is 12.0 Å². The molecule has 0 unspecified atom stereocenters. The van der Waals surface area contributed by atoms with Gasteiger partial charge >= 0.3 is 0 Å². The molecule has 0 aliphatic heterocycles. The Morgan fingerprint density at radius 2 is 1.96 bits per heavy atom. The fourth-order valence-corrected chi connectivity index (χ4v) is 2.73. The molecule has 0 saturated heterocycles. The van der Waals surface area contributed by atoms with E-state index in [9.17, 15) is 0 Å². The van der Waals surface area contributed by atoms with Crippen LogP contribution < -0.4 is 5.32 Å². The molecule has 6 heteroatoms. The second kappa shape index (κ2) is 6.16. The molecule has 0 spiro atoms. The average molecular weight is 318 g/mol. The predicted molar refractivity (Wildman–Crippen MR) is 92.8 cm³/mol. The summed E-state index contributed by atoms with van der Waals surface area (Å²) in [5.74, 6) is 0.751. The van der Waals surface area contributed by atoms with E-state index >= 15 is 0 Å². The highest BCUT2D eigenvalue weighted by atomic mass is 15.3. The minimum absolute atomic E-state index is 0.637. The van der Waals surface area contributed by atoms with Crippen molar-refractivity contribution in [3.8, 4) is 0 Å². The van der Waals surface area contributed by atoms with Crippen molar-refractivity contribution < 1.29 is 0 Å². The lowest BCUT2D eigenvalue weighted by Crippen LogP contribution is -2.09. The van der Waals surface area contributed by atoms with E-state index < -0.39 is 0 Å². The van der Waals surface area contributed by atoms with Gasteiger partial charge < -0.3 is 9.72 Å². The third kappa shape index (κ3) is 2.86. The molecular weight excluding hydrogens is 300 g/mol. The summed E-state index contributed by atoms with van der Waals surface area (Å²) < 4.78 is 4.10. The minimum atomic E-state index is 0.637. The molecule has 6 nitrogen and oxygen atoms in total. The highest BCUT2D eigenvalue weighted by Crippen LogP contribution is 2.12. The van der Waals surface area contributed by atoms with Crippen molar-refractivity contribution in [2.24, 2.45) is 0 Å². The maximum Gasteiger partial charge on any atom is 0.225 e. The topological polar surface area (TPSA) is 60.0 Å². The van der Waals surface area contributed by atoms with E-state index in [0.717, 1.165) is 23.8 Å². The molecule has 0 saturated carbocycles. The Hall–Kier alpha value is -3.15. The number of anilines is 1. The standard InChI is InChI=1S/C18H18N6/c1-14-7-8-17-19-9-16(24(17)11-14)10-20-18-22-21-13-23(18)12-15-5-3-2-4-6-15/h2-9,11,13H,10,12H2,1H3,(H,20,22). The van der Waals surface area contributed by atoms with Crippen molar-refractivity contribution in [3.63, 3.8) is 0 Å². The summed E-state index contributed by atoms with van der Waals surface area (Å²) in [6.45, 7) is 3.45. The lowest BCUT2D eigenvalue weighted by molar-refractivity contribution is 0.791. The maximum atomic E-state index is 4.43. The number of nitrogens with zero attached hydrogens (tertiary/aromatic N) is 5. The number of hydrogen-bond acceptors (Lipinski definition) is 4. The highest BCUT2D eigenvalue weighted by molar-refractivity contribution is 5.42. The number of imidazole rings is 1. The summed E-state index contributed by atoms with van der Waals surface area (Å²) in [5.41, 5.74) is 4.45. The van der Waals surface area contributed by atoms with Crippen LogP contribution in [0.4, 0.5) is 5.95 Å². The largest absolute Gasteiger partial charge is 0.349 e. The lowest BCUT2D eigenvalue weighted by Gasteiger charge is -2.09. The van der Waals surface area contributed by atoms with Crippen molar-refractivity contribution in [2.75, 3.05) is 5.32 Å². The molecular formula is C18H18N6. The molecule has 24 heavy (non-hydrogen) atoms. The lowest BCUT2D eigenvalue weighted by atomic mass is 10.2. The second-order valence-corrected chi connectivity index (χ2v) is 5.81. The van der Waals surface area contributed by atoms with Gasteiger partial charge in [-0.05, 0) is 24.1 Å². The van der Waals surface area contributed by atoms with Gasteiger partial charge in [0.2, 0.25) is 5.95 Å². The second-order valence-electron chi connectivity index (χ2n) is 5.81. The number of benzene rings is 1. The van der Waals surface area contributed by atoms with Gasteiger partial charge in [0.05, 0.1) is 25.0 Å². The Labute approximate surface area is 139 Å². The Morgan fingerprint density at radius 1 is 1.08 bits per heavy atom. The van der Waals surface area contributed by atoms with Gasteiger partial charge in [0.15, 0.2) is 0 Å². The third-order valence-corrected chi connectivity index (χ3v) is 3.97. The molecule has 3 heterocycles. The molecule has 0 aliphatic carbocycles. The van der Waals surface area contributed by atoms with Gasteiger partial charge in [-0.3, -0.25) is 4.57 Å². The number of fused-ring (bicyclic) bond motifs is 1. The molecule has 1 aromatic carbocycles. The van der Waals surface area contributed by atoms with Crippen LogP contribution in [0.5, 0.6) is 0 Å². The molecule has 120 valence electrons. The van der Waals surface area contributed by atoms with Gasteiger partial charge in [0, 0.05) is 6.20 Å². The number of aryl methyl sites for hydroxylation is 1.